The van der Waals surface area contributed by atoms with E-state index in [9.17, 15) is 9.90 Å². The van der Waals surface area contributed by atoms with Crippen molar-refractivity contribution in [1.29, 1.82) is 0 Å². The summed E-state index contributed by atoms with van der Waals surface area (Å²) in [6, 6.07) is 9.94. The number of benzene rings is 1. The molecule has 4 nitrogen and oxygen atoms in total. The highest BCUT2D eigenvalue weighted by atomic mass is 16.5. The third kappa shape index (κ3) is 5.68. The van der Waals surface area contributed by atoms with Crippen molar-refractivity contribution < 1.29 is 19.1 Å². The predicted molar refractivity (Wildman–Crippen MR) is 74.0 cm³/mol. The summed E-state index contributed by atoms with van der Waals surface area (Å²) in [7, 11) is 1.95. The van der Waals surface area contributed by atoms with Crippen molar-refractivity contribution in [2.75, 3.05) is 20.3 Å². The molecule has 0 radical (unpaired) electrons. The third-order valence-corrected chi connectivity index (χ3v) is 2.80. The summed E-state index contributed by atoms with van der Waals surface area (Å²) in [6.45, 7) is 6.53. The van der Waals surface area contributed by atoms with Crippen LogP contribution in [0.15, 0.2) is 43.0 Å². The fourth-order valence-corrected chi connectivity index (χ4v) is 2.10. The second-order valence-corrected chi connectivity index (χ2v) is 5.09. The molecule has 0 saturated heterocycles. The van der Waals surface area contributed by atoms with E-state index in [4.69, 9.17) is 4.74 Å². The third-order valence-electron chi connectivity index (χ3n) is 2.80. The zero-order valence-electron chi connectivity index (χ0n) is 11.6. The van der Waals surface area contributed by atoms with Gasteiger partial charge in [-0.1, -0.05) is 36.9 Å². The lowest BCUT2D eigenvalue weighted by atomic mass is 10.2. The van der Waals surface area contributed by atoms with Crippen LogP contribution in [0.1, 0.15) is 12.5 Å². The maximum atomic E-state index is 11.2. The van der Waals surface area contributed by atoms with Crippen LogP contribution in [-0.4, -0.2) is 42.0 Å². The first-order chi connectivity index (χ1) is 8.95. The van der Waals surface area contributed by atoms with Gasteiger partial charge in [0.05, 0.1) is 7.05 Å². The average Bonchev–Trinajstić information content (AvgIpc) is 2.36. The van der Waals surface area contributed by atoms with Gasteiger partial charge in [0, 0.05) is 11.6 Å². The fourth-order valence-electron chi connectivity index (χ4n) is 2.10. The minimum absolute atomic E-state index is 0.213. The van der Waals surface area contributed by atoms with Crippen LogP contribution in [0.2, 0.25) is 0 Å². The molecule has 2 unspecified atom stereocenters. The highest BCUT2D eigenvalue weighted by molar-refractivity contribution is 5.81. The Kier molecular flexibility index (Phi) is 5.73. The molecule has 104 valence electrons. The van der Waals surface area contributed by atoms with Crippen molar-refractivity contribution in [2.45, 2.75) is 19.6 Å². The lowest BCUT2D eigenvalue weighted by Crippen LogP contribution is -2.49. The van der Waals surface area contributed by atoms with E-state index in [1.807, 2.05) is 37.4 Å². The first-order valence-corrected chi connectivity index (χ1v) is 6.30. The molecule has 2 atom stereocenters. The van der Waals surface area contributed by atoms with Gasteiger partial charge in [0.25, 0.3) is 0 Å². The van der Waals surface area contributed by atoms with Crippen LogP contribution >= 0.6 is 0 Å². The van der Waals surface area contributed by atoms with Crippen molar-refractivity contribution in [1.82, 2.24) is 0 Å². The highest BCUT2D eigenvalue weighted by Crippen LogP contribution is 2.13. The van der Waals surface area contributed by atoms with Crippen molar-refractivity contribution in [3.8, 4) is 0 Å². The van der Waals surface area contributed by atoms with E-state index in [2.05, 4.69) is 6.58 Å². The summed E-state index contributed by atoms with van der Waals surface area (Å²) in [6.07, 6.45) is 0.686. The molecular weight excluding hydrogens is 242 g/mol. The number of carbonyl (C=O) groups excluding carboxylic acids is 1. The quantitative estimate of drug-likeness (QED) is 0.353. The van der Waals surface area contributed by atoms with E-state index < -0.39 is 12.1 Å². The molecule has 19 heavy (non-hydrogen) atoms. The van der Waals surface area contributed by atoms with Gasteiger partial charge in [-0.15, -0.1) is 0 Å². The number of aliphatic hydroxyl groups is 1. The Hall–Kier alpha value is -1.65. The van der Waals surface area contributed by atoms with Crippen molar-refractivity contribution in [3.63, 3.8) is 0 Å². The van der Waals surface area contributed by atoms with Gasteiger partial charge in [-0.25, -0.2) is 4.79 Å². The molecule has 0 bridgehead atoms. The smallest absolute Gasteiger partial charge is 0.334 e. The number of hydrogen-bond acceptors (Lipinski definition) is 3. The molecular formula is C15H22NO3+. The molecule has 0 fully saturated rings. The molecule has 0 saturated carbocycles. The molecule has 0 heterocycles. The maximum Gasteiger partial charge on any atom is 0.334 e. The molecule has 1 aromatic rings. The number of quaternary nitrogens is 1. The molecule has 4 heteroatoms. The number of nitrogens with zero attached hydrogens (tertiary/aromatic N) is 1. The van der Waals surface area contributed by atoms with Crippen molar-refractivity contribution in [2.24, 2.45) is 0 Å². The molecule has 0 aliphatic rings. The SMILES string of the molecule is C=CC(=O)OC[N+](C)(Cc1ccccc1)CC(C)O. The van der Waals surface area contributed by atoms with E-state index in [1.165, 1.54) is 0 Å². The van der Waals surface area contributed by atoms with Crippen molar-refractivity contribution in [3.05, 3.63) is 48.6 Å². The van der Waals surface area contributed by atoms with Gasteiger partial charge < -0.3 is 9.84 Å². The number of hydrogen-bond donors (Lipinski definition) is 1. The van der Waals surface area contributed by atoms with E-state index in [1.54, 1.807) is 6.92 Å². The van der Waals surface area contributed by atoms with Crippen LogP contribution in [0.5, 0.6) is 0 Å². The van der Waals surface area contributed by atoms with Gasteiger partial charge >= 0.3 is 5.97 Å². The Bertz CT molecular complexity index is 417. The number of aliphatic hydroxyl groups excluding tert-OH is 1. The predicted octanol–water partition coefficient (Wildman–Crippen LogP) is 1.70. The van der Waals surface area contributed by atoms with Gasteiger partial charge in [-0.3, -0.25) is 4.48 Å². The van der Waals surface area contributed by atoms with Crippen LogP contribution in [0.25, 0.3) is 0 Å². The lowest BCUT2D eigenvalue weighted by molar-refractivity contribution is -0.940. The maximum absolute atomic E-state index is 11.2. The molecule has 1 N–H and O–H groups in total. The van der Waals surface area contributed by atoms with Crippen molar-refractivity contribution >= 4 is 5.97 Å². The number of esters is 1. The summed E-state index contributed by atoms with van der Waals surface area (Å²) < 4.78 is 5.57. The molecule has 0 amide bonds. The second-order valence-electron chi connectivity index (χ2n) is 5.09. The van der Waals surface area contributed by atoms with Gasteiger partial charge in [0.1, 0.15) is 19.2 Å². The van der Waals surface area contributed by atoms with Crippen LogP contribution in [0, 0.1) is 0 Å². The van der Waals surface area contributed by atoms with Crippen LogP contribution in [-0.2, 0) is 16.1 Å². The minimum atomic E-state index is -0.462. The Labute approximate surface area is 114 Å². The summed E-state index contributed by atoms with van der Waals surface area (Å²) >= 11 is 0. The lowest BCUT2D eigenvalue weighted by Gasteiger charge is -2.34. The normalized spacial score (nSPS) is 15.3. The first-order valence-electron chi connectivity index (χ1n) is 6.30. The monoisotopic (exact) mass is 264 g/mol. The zero-order valence-corrected chi connectivity index (χ0v) is 11.6. The second kappa shape index (κ2) is 7.07. The highest BCUT2D eigenvalue weighted by Gasteiger charge is 2.25. The Morgan fingerprint density at radius 2 is 2.11 bits per heavy atom. The van der Waals surface area contributed by atoms with Crippen LogP contribution in [0.3, 0.4) is 0 Å². The van der Waals surface area contributed by atoms with Gasteiger partial charge in [0.15, 0.2) is 0 Å². The average molecular weight is 264 g/mol. The summed E-state index contributed by atoms with van der Waals surface area (Å²) in [5, 5.41) is 9.61. The molecule has 1 rings (SSSR count). The largest absolute Gasteiger partial charge is 0.412 e. The molecule has 0 aromatic heterocycles. The molecule has 0 aliphatic carbocycles. The number of likely N-dealkylation sites (N-methyl/N-ethyl adjacent to an activating group) is 1. The number of ether oxygens (including phenoxy) is 1. The fraction of sp³-hybridized carbons (Fsp3) is 0.400. The van der Waals surface area contributed by atoms with E-state index >= 15 is 0 Å². The summed E-state index contributed by atoms with van der Waals surface area (Å²) in [5.41, 5.74) is 1.14. The number of rotatable bonds is 7. The zero-order chi connectivity index (χ0) is 14.3. The minimum Gasteiger partial charge on any atom is -0.412 e. The van der Waals surface area contributed by atoms with E-state index in [0.717, 1.165) is 11.6 Å². The molecule has 1 aromatic carbocycles. The van der Waals surface area contributed by atoms with Gasteiger partial charge in [-0.05, 0) is 6.92 Å². The Morgan fingerprint density at radius 1 is 1.47 bits per heavy atom. The van der Waals surface area contributed by atoms with Crippen LogP contribution in [0.4, 0.5) is 0 Å². The Morgan fingerprint density at radius 3 is 2.63 bits per heavy atom. The van der Waals surface area contributed by atoms with Crippen LogP contribution < -0.4 is 0 Å². The number of carbonyl (C=O) groups is 1. The standard InChI is InChI=1S/C15H22NO3/c1-4-15(18)19-12-16(3,10-13(2)17)11-14-8-6-5-7-9-14/h4-9,13,17H,1,10-12H2,2-3H3/q+1. The molecule has 0 spiro atoms. The Balaban J connectivity index is 2.74. The molecule has 0 aliphatic heterocycles. The van der Waals surface area contributed by atoms with E-state index in [0.29, 0.717) is 17.6 Å². The van der Waals surface area contributed by atoms with Gasteiger partial charge in [-0.2, -0.15) is 0 Å². The summed E-state index contributed by atoms with van der Waals surface area (Å²) in [4.78, 5) is 11.2. The topological polar surface area (TPSA) is 46.5 Å². The van der Waals surface area contributed by atoms with E-state index in [-0.39, 0.29) is 6.73 Å². The summed E-state index contributed by atoms with van der Waals surface area (Å²) in [5.74, 6) is -0.442. The first kappa shape index (κ1) is 15.4. The van der Waals surface area contributed by atoms with Gasteiger partial charge in [0.2, 0.25) is 6.73 Å².